The fourth-order valence-corrected chi connectivity index (χ4v) is 5.86. The summed E-state index contributed by atoms with van der Waals surface area (Å²) in [4.78, 5) is 40.5. The van der Waals surface area contributed by atoms with E-state index in [2.05, 4.69) is 10.6 Å². The van der Waals surface area contributed by atoms with Crippen LogP contribution >= 0.6 is 23.1 Å². The number of methoxy groups -OCH3 is 1. The Hall–Kier alpha value is -4.08. The minimum atomic E-state index is -0.641. The van der Waals surface area contributed by atoms with Crippen LogP contribution in [0.2, 0.25) is 0 Å². The number of hydrogen-bond acceptors (Lipinski definition) is 7. The van der Waals surface area contributed by atoms with Gasteiger partial charge in [-0.3, -0.25) is 9.59 Å². The molecule has 1 atom stereocenters. The molecule has 0 bridgehead atoms. The lowest BCUT2D eigenvalue weighted by Gasteiger charge is -2.17. The molecule has 4 aromatic rings. The van der Waals surface area contributed by atoms with Crippen molar-refractivity contribution in [2.24, 2.45) is 0 Å². The van der Waals surface area contributed by atoms with Crippen LogP contribution in [0.5, 0.6) is 0 Å². The summed E-state index contributed by atoms with van der Waals surface area (Å²) in [5.74, 6) is -1.37. The number of ether oxygens (including phenoxy) is 1. The average molecular weight is 532 g/mol. The molecule has 7 nitrogen and oxygen atoms in total. The van der Waals surface area contributed by atoms with Crippen LogP contribution in [0.15, 0.2) is 89.8 Å². The summed E-state index contributed by atoms with van der Waals surface area (Å²) < 4.78 is 4.97. The number of esters is 1. The number of nitrogens with one attached hydrogen (secondary N) is 2. The number of rotatable bonds is 8. The molecule has 4 N–H and O–H groups in total. The number of anilines is 3. The molecule has 2 amide bonds. The molecule has 4 rings (SSSR count). The predicted molar refractivity (Wildman–Crippen MR) is 149 cm³/mol. The van der Waals surface area contributed by atoms with Crippen LogP contribution in [0, 0.1) is 6.92 Å². The van der Waals surface area contributed by atoms with Gasteiger partial charge in [0.2, 0.25) is 5.91 Å². The summed E-state index contributed by atoms with van der Waals surface area (Å²) in [5.41, 5.74) is 8.52. The van der Waals surface area contributed by atoms with E-state index in [1.54, 1.807) is 31.2 Å². The maximum absolute atomic E-state index is 13.6. The van der Waals surface area contributed by atoms with E-state index in [1.165, 1.54) is 18.9 Å². The Kier molecular flexibility index (Phi) is 8.27. The number of benzene rings is 3. The first-order chi connectivity index (χ1) is 17.9. The monoisotopic (exact) mass is 531 g/mol. The zero-order chi connectivity index (χ0) is 26.4. The molecule has 0 fully saturated rings. The van der Waals surface area contributed by atoms with Crippen molar-refractivity contribution in [2.45, 2.75) is 17.1 Å². The lowest BCUT2D eigenvalue weighted by atomic mass is 10.1. The maximum Gasteiger partial charge on any atom is 0.341 e. The third kappa shape index (κ3) is 6.19. The first kappa shape index (κ1) is 26.0. The van der Waals surface area contributed by atoms with Gasteiger partial charge >= 0.3 is 5.97 Å². The Bertz CT molecular complexity index is 1420. The molecule has 1 heterocycles. The zero-order valence-corrected chi connectivity index (χ0v) is 21.8. The number of thioether (sulfide) groups is 1. The number of hydrogen-bond donors (Lipinski definition) is 3. The standard InChI is InChI=1S/C28H25N3O4S2/c1-17-22(28(34)35-2)27(37-23(17)25(32)30-20-13-7-4-8-14-20)31-26(33)24(18-10-5-3-6-11-18)36-21-15-9-12-19(29)16-21/h3-16,24H,29H2,1-2H3,(H,30,32)(H,31,33). The van der Waals surface area contributed by atoms with Crippen LogP contribution in [-0.2, 0) is 9.53 Å². The van der Waals surface area contributed by atoms with Crippen molar-refractivity contribution in [1.29, 1.82) is 0 Å². The molecule has 0 radical (unpaired) electrons. The second-order valence-corrected chi connectivity index (χ2v) is 10.2. The Balaban J connectivity index is 1.67. The number of amides is 2. The minimum Gasteiger partial charge on any atom is -0.465 e. The third-order valence-electron chi connectivity index (χ3n) is 5.46. The second kappa shape index (κ2) is 11.8. The van der Waals surface area contributed by atoms with Gasteiger partial charge in [0.1, 0.15) is 10.3 Å². The van der Waals surface area contributed by atoms with Gasteiger partial charge in [-0.05, 0) is 48.4 Å². The molecule has 0 aliphatic heterocycles. The van der Waals surface area contributed by atoms with Gasteiger partial charge in [0.25, 0.3) is 5.91 Å². The normalized spacial score (nSPS) is 11.4. The molecule has 3 aromatic carbocycles. The first-order valence-electron chi connectivity index (χ1n) is 11.3. The number of carbonyl (C=O) groups is 3. The van der Waals surface area contributed by atoms with Gasteiger partial charge < -0.3 is 21.1 Å². The molecule has 188 valence electrons. The second-order valence-electron chi connectivity index (χ2n) is 8.04. The van der Waals surface area contributed by atoms with Gasteiger partial charge in [-0.2, -0.15) is 0 Å². The van der Waals surface area contributed by atoms with Crippen LogP contribution in [0.1, 0.15) is 36.4 Å². The molecular formula is C28H25N3O4S2. The maximum atomic E-state index is 13.6. The number of para-hydroxylation sites is 1. The minimum absolute atomic E-state index is 0.153. The summed E-state index contributed by atoms with van der Waals surface area (Å²) >= 11 is 2.37. The van der Waals surface area contributed by atoms with Crippen LogP contribution in [0.4, 0.5) is 16.4 Å². The summed E-state index contributed by atoms with van der Waals surface area (Å²) in [7, 11) is 1.26. The van der Waals surface area contributed by atoms with Crippen molar-refractivity contribution < 1.29 is 19.1 Å². The summed E-state index contributed by atoms with van der Waals surface area (Å²) in [6.45, 7) is 1.66. The molecule has 0 saturated carbocycles. The van der Waals surface area contributed by atoms with Crippen LogP contribution in [-0.4, -0.2) is 24.9 Å². The van der Waals surface area contributed by atoms with E-state index in [0.717, 1.165) is 21.8 Å². The van der Waals surface area contributed by atoms with Crippen molar-refractivity contribution in [3.05, 3.63) is 106 Å². The summed E-state index contributed by atoms with van der Waals surface area (Å²) in [5, 5.41) is 5.32. The first-order valence-corrected chi connectivity index (χ1v) is 13.0. The topological polar surface area (TPSA) is 111 Å². The Morgan fingerprint density at radius 2 is 1.59 bits per heavy atom. The SMILES string of the molecule is COC(=O)c1c(NC(=O)C(Sc2cccc(N)c2)c2ccccc2)sc(C(=O)Nc2ccccc2)c1C. The third-order valence-corrected chi connectivity index (χ3v) is 7.92. The number of thiophene rings is 1. The van der Waals surface area contributed by atoms with E-state index in [0.29, 0.717) is 21.8 Å². The average Bonchev–Trinajstić information content (AvgIpc) is 3.23. The number of nitrogen functional groups attached to an aromatic ring is 1. The predicted octanol–water partition coefficient (Wildman–Crippen LogP) is 6.15. The highest BCUT2D eigenvalue weighted by Crippen LogP contribution is 2.39. The van der Waals surface area contributed by atoms with E-state index in [1.807, 2.05) is 60.7 Å². The van der Waals surface area contributed by atoms with Crippen LogP contribution in [0.3, 0.4) is 0 Å². The molecule has 0 aliphatic rings. The number of nitrogens with two attached hydrogens (primary N) is 1. The molecule has 1 unspecified atom stereocenters. The fourth-order valence-electron chi connectivity index (χ4n) is 3.68. The van der Waals surface area contributed by atoms with E-state index in [-0.39, 0.29) is 22.4 Å². The van der Waals surface area contributed by atoms with Crippen LogP contribution in [0.25, 0.3) is 0 Å². The lowest BCUT2D eigenvalue weighted by molar-refractivity contribution is -0.115. The van der Waals surface area contributed by atoms with Gasteiger partial charge in [-0.1, -0.05) is 54.6 Å². The largest absolute Gasteiger partial charge is 0.465 e. The van der Waals surface area contributed by atoms with Gasteiger partial charge in [0, 0.05) is 16.3 Å². The van der Waals surface area contributed by atoms with Gasteiger partial charge in [0.15, 0.2) is 0 Å². The van der Waals surface area contributed by atoms with Crippen molar-refractivity contribution >= 4 is 57.3 Å². The molecule has 0 spiro atoms. The molecule has 37 heavy (non-hydrogen) atoms. The highest BCUT2D eigenvalue weighted by molar-refractivity contribution is 8.00. The highest BCUT2D eigenvalue weighted by atomic mass is 32.2. The Morgan fingerprint density at radius 3 is 2.24 bits per heavy atom. The highest BCUT2D eigenvalue weighted by Gasteiger charge is 2.29. The van der Waals surface area contributed by atoms with E-state index in [9.17, 15) is 14.4 Å². The quantitative estimate of drug-likeness (QED) is 0.143. The smallest absolute Gasteiger partial charge is 0.341 e. The van der Waals surface area contributed by atoms with E-state index >= 15 is 0 Å². The zero-order valence-electron chi connectivity index (χ0n) is 20.2. The van der Waals surface area contributed by atoms with E-state index in [4.69, 9.17) is 10.5 Å². The van der Waals surface area contributed by atoms with Crippen LogP contribution < -0.4 is 16.4 Å². The molecule has 9 heteroatoms. The summed E-state index contributed by atoms with van der Waals surface area (Å²) in [6, 6.07) is 25.6. The van der Waals surface area contributed by atoms with Crippen molar-refractivity contribution in [3.8, 4) is 0 Å². The Labute approximate surface area is 223 Å². The van der Waals surface area contributed by atoms with Gasteiger partial charge in [-0.15, -0.1) is 23.1 Å². The molecule has 1 aromatic heterocycles. The van der Waals surface area contributed by atoms with Crippen molar-refractivity contribution in [2.75, 3.05) is 23.5 Å². The summed E-state index contributed by atoms with van der Waals surface area (Å²) in [6.07, 6.45) is 0. The fraction of sp³-hybridized carbons (Fsp3) is 0.107. The van der Waals surface area contributed by atoms with Gasteiger partial charge in [-0.25, -0.2) is 4.79 Å². The van der Waals surface area contributed by atoms with Gasteiger partial charge in [0.05, 0.1) is 17.6 Å². The molecule has 0 aliphatic carbocycles. The van der Waals surface area contributed by atoms with Crippen molar-refractivity contribution in [1.82, 2.24) is 0 Å². The van der Waals surface area contributed by atoms with E-state index < -0.39 is 11.2 Å². The molecular weight excluding hydrogens is 506 g/mol. The number of carbonyl (C=O) groups excluding carboxylic acids is 3. The Morgan fingerprint density at radius 1 is 0.919 bits per heavy atom. The van der Waals surface area contributed by atoms with Crippen molar-refractivity contribution in [3.63, 3.8) is 0 Å². The molecule has 0 saturated heterocycles. The lowest BCUT2D eigenvalue weighted by Crippen LogP contribution is -2.20.